The molecule has 0 saturated heterocycles. The minimum Gasteiger partial charge on any atom is -0.487 e. The van der Waals surface area contributed by atoms with Crippen molar-refractivity contribution in [2.24, 2.45) is 0 Å². The van der Waals surface area contributed by atoms with E-state index in [0.717, 1.165) is 23.7 Å². The molecule has 1 aromatic carbocycles. The van der Waals surface area contributed by atoms with Gasteiger partial charge in [-0.05, 0) is 25.1 Å². The first kappa shape index (κ1) is 7.28. The van der Waals surface area contributed by atoms with Gasteiger partial charge in [0.25, 0.3) is 0 Å². The van der Waals surface area contributed by atoms with Gasteiger partial charge >= 0.3 is 0 Å². The SMILES string of the molecule is C[C@H]1CNc2cc(N)ccc2O1. The smallest absolute Gasteiger partial charge is 0.143 e. The lowest BCUT2D eigenvalue weighted by atomic mass is 10.2. The highest BCUT2D eigenvalue weighted by atomic mass is 16.5. The van der Waals surface area contributed by atoms with Gasteiger partial charge in [-0.25, -0.2) is 0 Å². The van der Waals surface area contributed by atoms with Gasteiger partial charge in [-0.2, -0.15) is 0 Å². The van der Waals surface area contributed by atoms with Crippen LogP contribution in [0.5, 0.6) is 5.75 Å². The number of fused-ring (bicyclic) bond motifs is 1. The summed E-state index contributed by atoms with van der Waals surface area (Å²) in [4.78, 5) is 0. The summed E-state index contributed by atoms with van der Waals surface area (Å²) < 4.78 is 5.57. The largest absolute Gasteiger partial charge is 0.487 e. The Labute approximate surface area is 71.5 Å². The van der Waals surface area contributed by atoms with Crippen LogP contribution >= 0.6 is 0 Å². The number of benzene rings is 1. The van der Waals surface area contributed by atoms with E-state index in [2.05, 4.69) is 5.32 Å². The van der Waals surface area contributed by atoms with Gasteiger partial charge in [-0.3, -0.25) is 0 Å². The van der Waals surface area contributed by atoms with Gasteiger partial charge in [0.15, 0.2) is 0 Å². The molecule has 0 saturated carbocycles. The molecule has 3 N–H and O–H groups in total. The molecule has 1 heterocycles. The summed E-state index contributed by atoms with van der Waals surface area (Å²) in [5.74, 6) is 0.892. The monoisotopic (exact) mass is 164 g/mol. The van der Waals surface area contributed by atoms with Crippen molar-refractivity contribution in [2.45, 2.75) is 13.0 Å². The first-order valence-electron chi connectivity index (χ1n) is 4.06. The summed E-state index contributed by atoms with van der Waals surface area (Å²) in [5, 5.41) is 3.25. The molecule has 1 aliphatic heterocycles. The molecule has 2 rings (SSSR count). The second-order valence-electron chi connectivity index (χ2n) is 3.06. The fraction of sp³-hybridized carbons (Fsp3) is 0.333. The van der Waals surface area contributed by atoms with Crippen LogP contribution in [0.2, 0.25) is 0 Å². The molecule has 1 aliphatic rings. The number of nitrogens with one attached hydrogen (secondary N) is 1. The molecule has 1 aromatic rings. The summed E-state index contributed by atoms with van der Waals surface area (Å²) in [6.45, 7) is 2.88. The van der Waals surface area contributed by atoms with Crippen LogP contribution in [0.25, 0.3) is 0 Å². The zero-order chi connectivity index (χ0) is 8.55. The predicted molar refractivity (Wildman–Crippen MR) is 49.4 cm³/mol. The van der Waals surface area contributed by atoms with Crippen molar-refractivity contribution in [1.29, 1.82) is 0 Å². The zero-order valence-electron chi connectivity index (χ0n) is 7.00. The molecule has 3 heteroatoms. The maximum absolute atomic E-state index is 5.62. The normalized spacial score (nSPS) is 20.6. The molecule has 0 aromatic heterocycles. The fourth-order valence-corrected chi connectivity index (χ4v) is 1.30. The number of anilines is 2. The Bertz CT molecular complexity index is 299. The van der Waals surface area contributed by atoms with Crippen molar-refractivity contribution in [1.82, 2.24) is 0 Å². The van der Waals surface area contributed by atoms with Crippen molar-refractivity contribution in [3.05, 3.63) is 18.2 Å². The number of hydrogen-bond acceptors (Lipinski definition) is 3. The number of ether oxygens (including phenoxy) is 1. The third-order valence-corrected chi connectivity index (χ3v) is 1.91. The summed E-state index contributed by atoms with van der Waals surface area (Å²) in [6.07, 6.45) is 0.237. The molecule has 0 amide bonds. The average Bonchev–Trinajstić information content (AvgIpc) is 2.05. The maximum Gasteiger partial charge on any atom is 0.143 e. The Balaban J connectivity index is 2.37. The van der Waals surface area contributed by atoms with Crippen LogP contribution in [0.15, 0.2) is 18.2 Å². The summed E-state index contributed by atoms with van der Waals surface area (Å²) >= 11 is 0. The molecule has 0 fully saturated rings. The highest BCUT2D eigenvalue weighted by Gasteiger charge is 2.14. The molecule has 3 nitrogen and oxygen atoms in total. The average molecular weight is 164 g/mol. The number of rotatable bonds is 0. The molecule has 0 spiro atoms. The van der Waals surface area contributed by atoms with Gasteiger partial charge in [-0.15, -0.1) is 0 Å². The summed E-state index contributed by atoms with van der Waals surface area (Å²) in [5.41, 5.74) is 7.38. The minimum absolute atomic E-state index is 0.237. The second kappa shape index (κ2) is 2.59. The predicted octanol–water partition coefficient (Wildman–Crippen LogP) is 1.46. The van der Waals surface area contributed by atoms with Crippen LogP contribution in [0.4, 0.5) is 11.4 Å². The number of nitrogens with two attached hydrogens (primary N) is 1. The van der Waals surface area contributed by atoms with E-state index in [0.29, 0.717) is 0 Å². The van der Waals surface area contributed by atoms with E-state index >= 15 is 0 Å². The van der Waals surface area contributed by atoms with E-state index in [9.17, 15) is 0 Å². The lowest BCUT2D eigenvalue weighted by Crippen LogP contribution is -2.27. The van der Waals surface area contributed by atoms with Gasteiger partial charge in [0, 0.05) is 5.69 Å². The van der Waals surface area contributed by atoms with E-state index in [-0.39, 0.29) is 6.10 Å². The number of nitrogen functional groups attached to an aromatic ring is 1. The van der Waals surface area contributed by atoms with Crippen molar-refractivity contribution in [3.8, 4) is 5.75 Å². The first-order chi connectivity index (χ1) is 5.75. The topological polar surface area (TPSA) is 47.3 Å². The van der Waals surface area contributed by atoms with Gasteiger partial charge in [0.1, 0.15) is 11.9 Å². The molecule has 0 unspecified atom stereocenters. The molecule has 0 radical (unpaired) electrons. The molecule has 1 atom stereocenters. The van der Waals surface area contributed by atoms with E-state index in [4.69, 9.17) is 10.5 Å². The Hall–Kier alpha value is -1.38. The highest BCUT2D eigenvalue weighted by Crippen LogP contribution is 2.30. The van der Waals surface area contributed by atoms with Crippen LogP contribution in [-0.2, 0) is 0 Å². The molecule has 64 valence electrons. The molecule has 0 aliphatic carbocycles. The Morgan fingerprint density at radius 2 is 2.42 bits per heavy atom. The standard InChI is InChI=1S/C9H12N2O/c1-6-5-11-8-4-7(10)2-3-9(8)12-6/h2-4,6,11H,5,10H2,1H3/t6-/m0/s1. The van der Waals surface area contributed by atoms with Gasteiger partial charge in [-0.1, -0.05) is 0 Å². The van der Waals surface area contributed by atoms with Crippen molar-refractivity contribution < 1.29 is 4.74 Å². The lowest BCUT2D eigenvalue weighted by Gasteiger charge is -2.24. The third kappa shape index (κ3) is 1.18. The third-order valence-electron chi connectivity index (χ3n) is 1.91. The van der Waals surface area contributed by atoms with E-state index < -0.39 is 0 Å². The van der Waals surface area contributed by atoms with Crippen molar-refractivity contribution in [3.63, 3.8) is 0 Å². The highest BCUT2D eigenvalue weighted by molar-refractivity contribution is 5.64. The lowest BCUT2D eigenvalue weighted by molar-refractivity contribution is 0.226. The van der Waals surface area contributed by atoms with E-state index in [1.807, 2.05) is 25.1 Å². The second-order valence-corrected chi connectivity index (χ2v) is 3.06. The van der Waals surface area contributed by atoms with E-state index in [1.54, 1.807) is 0 Å². The first-order valence-corrected chi connectivity index (χ1v) is 4.06. The van der Waals surface area contributed by atoms with Crippen LogP contribution in [0.3, 0.4) is 0 Å². The Morgan fingerprint density at radius 1 is 1.58 bits per heavy atom. The van der Waals surface area contributed by atoms with Crippen molar-refractivity contribution >= 4 is 11.4 Å². The Kier molecular flexibility index (Phi) is 1.57. The van der Waals surface area contributed by atoms with Crippen LogP contribution in [-0.4, -0.2) is 12.6 Å². The Morgan fingerprint density at radius 3 is 3.25 bits per heavy atom. The maximum atomic E-state index is 5.62. The summed E-state index contributed by atoms with van der Waals surface area (Å²) in [6, 6.07) is 5.63. The molecule has 12 heavy (non-hydrogen) atoms. The van der Waals surface area contributed by atoms with Gasteiger partial charge in [0.05, 0.1) is 12.2 Å². The van der Waals surface area contributed by atoms with Gasteiger partial charge in [0.2, 0.25) is 0 Å². The fourth-order valence-electron chi connectivity index (χ4n) is 1.30. The van der Waals surface area contributed by atoms with Crippen molar-refractivity contribution in [2.75, 3.05) is 17.6 Å². The van der Waals surface area contributed by atoms with Crippen LogP contribution in [0.1, 0.15) is 6.92 Å². The minimum atomic E-state index is 0.237. The molecule has 0 bridgehead atoms. The zero-order valence-corrected chi connectivity index (χ0v) is 7.00. The summed E-state index contributed by atoms with van der Waals surface area (Å²) in [7, 11) is 0. The van der Waals surface area contributed by atoms with Gasteiger partial charge < -0.3 is 15.8 Å². The number of hydrogen-bond donors (Lipinski definition) is 2. The van der Waals surface area contributed by atoms with E-state index in [1.165, 1.54) is 0 Å². The van der Waals surface area contributed by atoms with Crippen LogP contribution in [0, 0.1) is 0 Å². The molecular formula is C9H12N2O. The quantitative estimate of drug-likeness (QED) is 0.571. The van der Waals surface area contributed by atoms with Crippen LogP contribution < -0.4 is 15.8 Å². The molecular weight excluding hydrogens is 152 g/mol.